The quantitative estimate of drug-likeness (QED) is 0.831. The van der Waals surface area contributed by atoms with Crippen molar-refractivity contribution >= 4 is 17.7 Å². The van der Waals surface area contributed by atoms with Crippen LogP contribution in [0.1, 0.15) is 23.6 Å². The van der Waals surface area contributed by atoms with Crippen molar-refractivity contribution in [2.24, 2.45) is 10.7 Å². The van der Waals surface area contributed by atoms with Crippen LogP contribution in [0.25, 0.3) is 6.08 Å². The van der Waals surface area contributed by atoms with Crippen molar-refractivity contribution in [2.75, 3.05) is 6.54 Å². The Morgan fingerprint density at radius 3 is 3.00 bits per heavy atom. The summed E-state index contributed by atoms with van der Waals surface area (Å²) in [5.74, 6) is -2.53. The lowest BCUT2D eigenvalue weighted by Crippen LogP contribution is -2.40. The molecule has 18 heavy (non-hydrogen) atoms. The van der Waals surface area contributed by atoms with Crippen LogP contribution in [-0.2, 0) is 0 Å². The van der Waals surface area contributed by atoms with Gasteiger partial charge >= 0.3 is 0 Å². The maximum atomic E-state index is 13.5. The molecule has 0 aromatic heterocycles. The molecule has 1 unspecified atom stereocenters. The molecule has 2 aliphatic heterocycles. The van der Waals surface area contributed by atoms with Crippen molar-refractivity contribution in [1.29, 1.82) is 0 Å². The summed E-state index contributed by atoms with van der Waals surface area (Å²) < 4.78 is 27.0. The van der Waals surface area contributed by atoms with E-state index in [1.165, 1.54) is 4.90 Å². The fourth-order valence-corrected chi connectivity index (χ4v) is 2.59. The van der Waals surface area contributed by atoms with E-state index < -0.39 is 5.92 Å². The van der Waals surface area contributed by atoms with Gasteiger partial charge in [-0.15, -0.1) is 0 Å². The first-order chi connectivity index (χ1) is 8.50. The predicted molar refractivity (Wildman–Crippen MR) is 66.8 cm³/mol. The summed E-state index contributed by atoms with van der Waals surface area (Å²) in [4.78, 5) is 5.66. The molecule has 1 atom stereocenters. The highest BCUT2D eigenvalue weighted by molar-refractivity contribution is 5.85. The Kier molecular flexibility index (Phi) is 2.20. The molecular weight excluding hydrogens is 236 g/mol. The second-order valence-electron chi connectivity index (χ2n) is 4.70. The third kappa shape index (κ3) is 1.58. The van der Waals surface area contributed by atoms with Crippen molar-refractivity contribution in [1.82, 2.24) is 4.90 Å². The summed E-state index contributed by atoms with van der Waals surface area (Å²) in [5.41, 5.74) is 8.13. The molecule has 0 radical (unpaired) electrons. The van der Waals surface area contributed by atoms with E-state index >= 15 is 0 Å². The van der Waals surface area contributed by atoms with Gasteiger partial charge in [-0.1, -0.05) is 18.7 Å². The number of aliphatic imine (C=N–C) groups is 1. The minimum Gasteiger partial charge on any atom is -0.369 e. The van der Waals surface area contributed by atoms with Crippen molar-refractivity contribution in [2.45, 2.75) is 18.4 Å². The molecule has 0 bridgehead atoms. The van der Waals surface area contributed by atoms with Gasteiger partial charge in [0.15, 0.2) is 5.96 Å². The summed E-state index contributed by atoms with van der Waals surface area (Å²) >= 11 is 0. The first kappa shape index (κ1) is 11.2. The number of nitrogens with zero attached hydrogens (tertiary/aromatic N) is 2. The first-order valence-electron chi connectivity index (χ1n) is 5.75. The topological polar surface area (TPSA) is 41.6 Å². The Labute approximate surface area is 104 Å². The second-order valence-corrected chi connectivity index (χ2v) is 4.70. The van der Waals surface area contributed by atoms with Crippen molar-refractivity contribution in [3.8, 4) is 0 Å². The average molecular weight is 249 g/mol. The molecule has 0 spiro atoms. The molecule has 1 aromatic carbocycles. The number of hydrogen-bond donors (Lipinski definition) is 1. The van der Waals surface area contributed by atoms with Gasteiger partial charge in [-0.25, -0.2) is 13.8 Å². The van der Waals surface area contributed by atoms with E-state index in [4.69, 9.17) is 5.73 Å². The highest BCUT2D eigenvalue weighted by Crippen LogP contribution is 2.46. The molecule has 3 rings (SSSR count). The van der Waals surface area contributed by atoms with Crippen LogP contribution in [-0.4, -0.2) is 23.3 Å². The van der Waals surface area contributed by atoms with Crippen LogP contribution < -0.4 is 5.73 Å². The number of hydrogen-bond acceptors (Lipinski definition) is 3. The summed E-state index contributed by atoms with van der Waals surface area (Å²) in [5, 5.41) is 0. The Morgan fingerprint density at radius 1 is 1.50 bits per heavy atom. The number of fused-ring (bicyclic) bond motifs is 3. The van der Waals surface area contributed by atoms with E-state index in [0.29, 0.717) is 5.69 Å². The molecule has 5 heteroatoms. The van der Waals surface area contributed by atoms with Gasteiger partial charge in [0.25, 0.3) is 5.92 Å². The van der Waals surface area contributed by atoms with E-state index in [-0.39, 0.29) is 25.0 Å². The van der Waals surface area contributed by atoms with E-state index in [0.717, 1.165) is 11.1 Å². The second kappa shape index (κ2) is 3.54. The summed E-state index contributed by atoms with van der Waals surface area (Å²) in [6.45, 7) is 3.33. The standard InChI is InChI=1S/C13H13F2N3/c1-2-8-3-4-10-9(5-8)11-6-13(14,15)7-18(11)12(16)17-10/h2-5,11H,1,6-7H2,(H2,16,17). The maximum Gasteiger partial charge on any atom is 0.267 e. The Balaban J connectivity index is 2.12. The van der Waals surface area contributed by atoms with Crippen molar-refractivity contribution < 1.29 is 8.78 Å². The molecule has 2 N–H and O–H groups in total. The van der Waals surface area contributed by atoms with Crippen LogP contribution in [0.4, 0.5) is 14.5 Å². The van der Waals surface area contributed by atoms with Gasteiger partial charge in [0.2, 0.25) is 0 Å². The molecule has 1 aromatic rings. The molecule has 2 heterocycles. The van der Waals surface area contributed by atoms with E-state index in [2.05, 4.69) is 11.6 Å². The van der Waals surface area contributed by atoms with Crippen LogP contribution in [0.5, 0.6) is 0 Å². The molecular formula is C13H13F2N3. The molecule has 0 saturated carbocycles. The SMILES string of the molecule is C=Cc1ccc2c(c1)C1CC(F)(F)CN1C(N)=N2. The molecule has 3 nitrogen and oxygen atoms in total. The summed E-state index contributed by atoms with van der Waals surface area (Å²) in [6.07, 6.45) is 1.48. The fraction of sp³-hybridized carbons (Fsp3) is 0.308. The summed E-state index contributed by atoms with van der Waals surface area (Å²) in [6, 6.07) is 5.13. The Morgan fingerprint density at radius 2 is 2.28 bits per heavy atom. The smallest absolute Gasteiger partial charge is 0.267 e. The summed E-state index contributed by atoms with van der Waals surface area (Å²) in [7, 11) is 0. The highest BCUT2D eigenvalue weighted by Gasteiger charge is 2.48. The number of nitrogens with two attached hydrogens (primary N) is 1. The third-order valence-electron chi connectivity index (χ3n) is 3.45. The van der Waals surface area contributed by atoms with Crippen molar-refractivity contribution in [3.05, 3.63) is 35.9 Å². The van der Waals surface area contributed by atoms with E-state index in [9.17, 15) is 8.78 Å². The zero-order valence-corrected chi connectivity index (χ0v) is 9.74. The number of guanidine groups is 1. The maximum absolute atomic E-state index is 13.5. The minimum absolute atomic E-state index is 0.177. The van der Waals surface area contributed by atoms with Gasteiger partial charge in [0.05, 0.1) is 18.3 Å². The molecule has 1 fully saturated rings. The first-order valence-corrected chi connectivity index (χ1v) is 5.75. The molecule has 2 aliphatic rings. The number of halogens is 2. The van der Waals surface area contributed by atoms with Crippen molar-refractivity contribution in [3.63, 3.8) is 0 Å². The lowest BCUT2D eigenvalue weighted by Gasteiger charge is -2.30. The minimum atomic E-state index is -2.71. The van der Waals surface area contributed by atoms with Crippen LogP contribution >= 0.6 is 0 Å². The fourth-order valence-electron chi connectivity index (χ4n) is 2.59. The zero-order valence-electron chi connectivity index (χ0n) is 9.74. The molecule has 94 valence electrons. The number of alkyl halides is 2. The largest absolute Gasteiger partial charge is 0.369 e. The molecule has 1 saturated heterocycles. The number of rotatable bonds is 1. The number of benzene rings is 1. The van der Waals surface area contributed by atoms with Gasteiger partial charge in [-0.2, -0.15) is 0 Å². The predicted octanol–water partition coefficient (Wildman–Crippen LogP) is 2.67. The lowest BCUT2D eigenvalue weighted by atomic mass is 9.98. The molecule has 0 amide bonds. The normalized spacial score (nSPS) is 24.2. The van der Waals surface area contributed by atoms with Gasteiger partial charge < -0.3 is 10.6 Å². The van der Waals surface area contributed by atoms with Crippen LogP contribution in [0, 0.1) is 0 Å². The van der Waals surface area contributed by atoms with Crippen LogP contribution in [0.2, 0.25) is 0 Å². The monoisotopic (exact) mass is 249 g/mol. The van der Waals surface area contributed by atoms with Gasteiger partial charge in [0, 0.05) is 12.0 Å². The molecule has 0 aliphatic carbocycles. The van der Waals surface area contributed by atoms with E-state index in [1.54, 1.807) is 12.1 Å². The lowest BCUT2D eigenvalue weighted by molar-refractivity contribution is 0.0165. The van der Waals surface area contributed by atoms with E-state index in [1.807, 2.05) is 12.1 Å². The van der Waals surface area contributed by atoms with Crippen LogP contribution in [0.15, 0.2) is 29.8 Å². The van der Waals surface area contributed by atoms with Gasteiger partial charge in [-0.3, -0.25) is 0 Å². The van der Waals surface area contributed by atoms with Gasteiger partial charge in [0.1, 0.15) is 0 Å². The van der Waals surface area contributed by atoms with Gasteiger partial charge in [-0.05, 0) is 17.7 Å². The third-order valence-corrected chi connectivity index (χ3v) is 3.45. The zero-order chi connectivity index (χ0) is 12.9. The highest BCUT2D eigenvalue weighted by atomic mass is 19.3. The van der Waals surface area contributed by atoms with Crippen LogP contribution in [0.3, 0.4) is 0 Å². The average Bonchev–Trinajstić information content (AvgIpc) is 2.65. The Hall–Kier alpha value is -1.91. The Bertz CT molecular complexity index is 551.